The molecule has 0 saturated carbocycles. The maximum absolute atomic E-state index is 11.6. The number of benzene rings is 2. The molecule has 0 aliphatic carbocycles. The van der Waals surface area contributed by atoms with E-state index < -0.39 is 10.1 Å². The van der Waals surface area contributed by atoms with Gasteiger partial charge in [0.05, 0.1) is 4.90 Å². The summed E-state index contributed by atoms with van der Waals surface area (Å²) in [5, 5.41) is 2.02. The molecule has 2 aromatic rings. The maximum atomic E-state index is 11.6. The van der Waals surface area contributed by atoms with Crippen LogP contribution in [0.3, 0.4) is 0 Å². The molecular formula is C18H25NaO3S. The van der Waals surface area contributed by atoms with E-state index in [4.69, 9.17) is 0 Å². The monoisotopic (exact) mass is 344 g/mol. The van der Waals surface area contributed by atoms with Crippen LogP contribution < -0.4 is 29.6 Å². The third-order valence-corrected chi connectivity index (χ3v) is 4.53. The van der Waals surface area contributed by atoms with E-state index >= 15 is 0 Å². The Balaban J connectivity index is 0.00000264. The molecule has 0 aliphatic rings. The van der Waals surface area contributed by atoms with E-state index in [-0.39, 0.29) is 35.9 Å². The zero-order valence-corrected chi connectivity index (χ0v) is 17.4. The quantitative estimate of drug-likeness (QED) is 0.662. The second kappa shape index (κ2) is 8.13. The first kappa shape index (κ1) is 20.7. The zero-order chi connectivity index (χ0) is 16.5. The van der Waals surface area contributed by atoms with E-state index in [1.165, 1.54) is 0 Å². The Kier molecular flexibility index (Phi) is 7.30. The Morgan fingerprint density at radius 2 is 1.52 bits per heavy atom. The van der Waals surface area contributed by atoms with Gasteiger partial charge in [0.2, 0.25) is 0 Å². The summed E-state index contributed by atoms with van der Waals surface area (Å²) in [5.74, 6) is 0.891. The van der Waals surface area contributed by atoms with Crippen molar-refractivity contribution in [2.24, 2.45) is 11.8 Å². The van der Waals surface area contributed by atoms with Gasteiger partial charge >= 0.3 is 29.6 Å². The average Bonchev–Trinajstić information content (AvgIpc) is 2.37. The van der Waals surface area contributed by atoms with Crippen molar-refractivity contribution in [3.63, 3.8) is 0 Å². The molecule has 0 unspecified atom stereocenters. The van der Waals surface area contributed by atoms with Crippen LogP contribution in [0.25, 0.3) is 10.8 Å². The van der Waals surface area contributed by atoms with Gasteiger partial charge in [-0.25, -0.2) is 0 Å². The molecule has 0 heterocycles. The predicted molar refractivity (Wildman–Crippen MR) is 92.0 cm³/mol. The van der Waals surface area contributed by atoms with Crippen LogP contribution in [0.5, 0.6) is 0 Å². The van der Waals surface area contributed by atoms with Gasteiger partial charge in [0.25, 0.3) is 10.1 Å². The largest absolute Gasteiger partial charge is 1.00 e. The first-order valence-electron chi connectivity index (χ1n) is 7.70. The molecule has 0 amide bonds. The zero-order valence-electron chi connectivity index (χ0n) is 15.6. The molecule has 5 heteroatoms. The smallest absolute Gasteiger partial charge is 1.00 e. The van der Waals surface area contributed by atoms with Gasteiger partial charge in [0, 0.05) is 0 Å². The topological polar surface area (TPSA) is 54.4 Å². The molecular weight excluding hydrogens is 319 g/mol. The van der Waals surface area contributed by atoms with E-state index in [1.54, 1.807) is 12.1 Å². The summed E-state index contributed by atoms with van der Waals surface area (Å²) in [5.41, 5.74) is 2.11. The normalized spacial score (nSPS) is 12.0. The van der Waals surface area contributed by atoms with E-state index in [0.717, 1.165) is 34.7 Å². The van der Waals surface area contributed by atoms with Crippen molar-refractivity contribution in [3.8, 4) is 0 Å². The van der Waals surface area contributed by atoms with Gasteiger partial charge in [-0.2, -0.15) is 8.42 Å². The summed E-state index contributed by atoms with van der Waals surface area (Å²) in [7, 11) is -4.20. The van der Waals surface area contributed by atoms with Crippen molar-refractivity contribution in [2.75, 3.05) is 0 Å². The SMILES string of the molecule is CC(C)Cc1cc(S(=O)(=O)O)cc2c(CC(C)C)cccc12.[H-].[Na+]. The van der Waals surface area contributed by atoms with E-state index in [1.807, 2.05) is 18.2 Å². The van der Waals surface area contributed by atoms with Crippen LogP contribution >= 0.6 is 0 Å². The van der Waals surface area contributed by atoms with E-state index in [2.05, 4.69) is 27.7 Å². The molecule has 2 rings (SSSR count). The van der Waals surface area contributed by atoms with Gasteiger partial charge in [0.1, 0.15) is 0 Å². The Labute approximate surface area is 163 Å². The fourth-order valence-electron chi connectivity index (χ4n) is 2.87. The van der Waals surface area contributed by atoms with Crippen molar-refractivity contribution in [3.05, 3.63) is 41.5 Å². The van der Waals surface area contributed by atoms with Crippen LogP contribution in [0.15, 0.2) is 35.2 Å². The minimum absolute atomic E-state index is 0. The van der Waals surface area contributed by atoms with E-state index in [0.29, 0.717) is 11.8 Å². The van der Waals surface area contributed by atoms with Crippen molar-refractivity contribution in [2.45, 2.75) is 45.4 Å². The number of hydrogen-bond donors (Lipinski definition) is 1. The molecule has 0 radical (unpaired) electrons. The summed E-state index contributed by atoms with van der Waals surface area (Å²) in [6.45, 7) is 8.48. The average molecular weight is 344 g/mol. The molecule has 122 valence electrons. The van der Waals surface area contributed by atoms with Crippen molar-refractivity contribution >= 4 is 20.9 Å². The molecule has 2 aromatic carbocycles. The fourth-order valence-corrected chi connectivity index (χ4v) is 3.43. The van der Waals surface area contributed by atoms with Crippen LogP contribution in [-0.2, 0) is 23.0 Å². The molecule has 0 aromatic heterocycles. The molecule has 0 atom stereocenters. The molecule has 1 N–H and O–H groups in total. The van der Waals surface area contributed by atoms with Crippen LogP contribution in [-0.4, -0.2) is 13.0 Å². The molecule has 23 heavy (non-hydrogen) atoms. The standard InChI is InChI=1S/C18H24O3S.Na.H/c1-12(2)8-14-6-5-7-17-15(9-13(3)4)10-16(11-18(14)17)22(19,20)21;;/h5-7,10-13H,8-9H2,1-4H3,(H,19,20,21);;/q;+1;-1. The summed E-state index contributed by atoms with van der Waals surface area (Å²) in [6.07, 6.45) is 1.67. The van der Waals surface area contributed by atoms with Gasteiger partial charge in [-0.3, -0.25) is 4.55 Å². The summed E-state index contributed by atoms with van der Waals surface area (Å²) in [6, 6.07) is 9.31. The number of fused-ring (bicyclic) bond motifs is 1. The second-order valence-corrected chi connectivity index (χ2v) is 8.19. The van der Waals surface area contributed by atoms with Crippen molar-refractivity contribution in [1.29, 1.82) is 0 Å². The summed E-state index contributed by atoms with van der Waals surface area (Å²) >= 11 is 0. The first-order chi connectivity index (χ1) is 10.2. The van der Waals surface area contributed by atoms with Gasteiger partial charge < -0.3 is 1.43 Å². The Morgan fingerprint density at radius 1 is 0.957 bits per heavy atom. The van der Waals surface area contributed by atoms with Crippen LogP contribution in [0.4, 0.5) is 0 Å². The van der Waals surface area contributed by atoms with Crippen LogP contribution in [0.2, 0.25) is 0 Å². The van der Waals surface area contributed by atoms with Gasteiger partial charge in [-0.05, 0) is 58.7 Å². The van der Waals surface area contributed by atoms with Gasteiger partial charge in [0.15, 0.2) is 0 Å². The third-order valence-electron chi connectivity index (χ3n) is 3.70. The summed E-state index contributed by atoms with van der Waals surface area (Å²) in [4.78, 5) is -0.00754. The van der Waals surface area contributed by atoms with Crippen molar-refractivity contribution in [1.82, 2.24) is 0 Å². The van der Waals surface area contributed by atoms with Crippen molar-refractivity contribution < 1.29 is 44.0 Å². The van der Waals surface area contributed by atoms with Gasteiger partial charge in [-0.1, -0.05) is 45.9 Å². The third kappa shape index (κ3) is 5.30. The Morgan fingerprint density at radius 3 is 2.04 bits per heavy atom. The molecule has 0 aliphatic heterocycles. The molecule has 0 spiro atoms. The number of hydrogen-bond acceptors (Lipinski definition) is 2. The minimum atomic E-state index is -4.20. The van der Waals surface area contributed by atoms with Gasteiger partial charge in [-0.15, -0.1) is 0 Å². The van der Waals surface area contributed by atoms with Crippen LogP contribution in [0.1, 0.15) is 40.2 Å². The Hall–Kier alpha value is -0.390. The maximum Gasteiger partial charge on any atom is 1.00 e. The number of rotatable bonds is 5. The van der Waals surface area contributed by atoms with E-state index in [9.17, 15) is 13.0 Å². The molecule has 3 nitrogen and oxygen atoms in total. The predicted octanol–water partition coefficient (Wildman–Crippen LogP) is 1.60. The minimum Gasteiger partial charge on any atom is -1.00 e. The first-order valence-corrected chi connectivity index (χ1v) is 9.14. The molecule has 0 saturated heterocycles. The second-order valence-electron chi connectivity index (χ2n) is 6.77. The fraction of sp³-hybridized carbons (Fsp3) is 0.444. The molecule has 0 fully saturated rings. The van der Waals surface area contributed by atoms with Crippen LogP contribution in [0, 0.1) is 11.8 Å². The Bertz CT molecular complexity index is 786. The molecule has 0 bridgehead atoms. The summed E-state index contributed by atoms with van der Waals surface area (Å²) < 4.78 is 32.7.